The highest BCUT2D eigenvalue weighted by atomic mass is 16.7. The Morgan fingerprint density at radius 2 is 2.17 bits per heavy atom. The smallest absolute Gasteiger partial charge is 0.249 e. The SMILES string of the molecule is COc1cc(C(O)C(O)C(N)=O)cc2c1OCO2. The number of benzene rings is 1. The maximum Gasteiger partial charge on any atom is 0.249 e. The second-order valence-corrected chi connectivity index (χ2v) is 3.75. The number of amides is 1. The van der Waals surface area contributed by atoms with Crippen molar-refractivity contribution < 1.29 is 29.2 Å². The molecule has 4 N–H and O–H groups in total. The van der Waals surface area contributed by atoms with Crippen LogP contribution in [0.3, 0.4) is 0 Å². The summed E-state index contributed by atoms with van der Waals surface area (Å²) in [6.45, 7) is 0.0453. The van der Waals surface area contributed by atoms with E-state index in [4.69, 9.17) is 19.9 Å². The molecular formula is C11H13NO6. The van der Waals surface area contributed by atoms with E-state index in [2.05, 4.69) is 0 Å². The van der Waals surface area contributed by atoms with Crippen LogP contribution in [0.15, 0.2) is 12.1 Å². The van der Waals surface area contributed by atoms with Crippen LogP contribution in [0.4, 0.5) is 0 Å². The number of nitrogens with two attached hydrogens (primary N) is 1. The molecule has 1 aliphatic heterocycles. The van der Waals surface area contributed by atoms with E-state index in [9.17, 15) is 15.0 Å². The first-order valence-corrected chi connectivity index (χ1v) is 5.17. The van der Waals surface area contributed by atoms with E-state index < -0.39 is 18.1 Å². The summed E-state index contributed by atoms with van der Waals surface area (Å²) in [5.41, 5.74) is 5.17. The zero-order chi connectivity index (χ0) is 13.3. The molecule has 1 heterocycles. The van der Waals surface area contributed by atoms with Crippen molar-refractivity contribution in [2.24, 2.45) is 5.73 Å². The molecule has 0 saturated carbocycles. The van der Waals surface area contributed by atoms with Crippen LogP contribution in [0.2, 0.25) is 0 Å². The van der Waals surface area contributed by atoms with Gasteiger partial charge in [-0.3, -0.25) is 4.79 Å². The summed E-state index contributed by atoms with van der Waals surface area (Å²) < 4.78 is 15.4. The Hall–Kier alpha value is -1.99. The molecule has 0 saturated heterocycles. The standard InChI is InChI=1S/C11H13NO6/c1-16-6-2-5(8(13)9(14)11(12)15)3-7-10(6)18-4-17-7/h2-3,8-9,13-14H,4H2,1H3,(H2,12,15). The van der Waals surface area contributed by atoms with Crippen molar-refractivity contribution in [1.82, 2.24) is 0 Å². The Labute approximate surface area is 103 Å². The monoisotopic (exact) mass is 255 g/mol. The Balaban J connectivity index is 2.37. The van der Waals surface area contributed by atoms with Crippen LogP contribution >= 0.6 is 0 Å². The van der Waals surface area contributed by atoms with Gasteiger partial charge < -0.3 is 30.2 Å². The van der Waals surface area contributed by atoms with E-state index in [0.717, 1.165) is 0 Å². The van der Waals surface area contributed by atoms with Gasteiger partial charge in [0.25, 0.3) is 0 Å². The fourth-order valence-corrected chi connectivity index (χ4v) is 1.66. The second-order valence-electron chi connectivity index (χ2n) is 3.75. The van der Waals surface area contributed by atoms with Gasteiger partial charge in [-0.05, 0) is 17.7 Å². The van der Waals surface area contributed by atoms with Crippen LogP contribution in [-0.4, -0.2) is 36.1 Å². The third kappa shape index (κ3) is 2.05. The van der Waals surface area contributed by atoms with Gasteiger partial charge in [-0.15, -0.1) is 0 Å². The van der Waals surface area contributed by atoms with Crippen LogP contribution in [0, 0.1) is 0 Å². The average Bonchev–Trinajstić information content (AvgIpc) is 2.83. The van der Waals surface area contributed by atoms with E-state index in [1.807, 2.05) is 0 Å². The number of primary amides is 1. The van der Waals surface area contributed by atoms with Crippen molar-refractivity contribution in [2.75, 3.05) is 13.9 Å². The molecule has 2 unspecified atom stereocenters. The quantitative estimate of drug-likeness (QED) is 0.656. The molecule has 1 aliphatic rings. The van der Waals surface area contributed by atoms with Crippen LogP contribution in [0.5, 0.6) is 17.2 Å². The lowest BCUT2D eigenvalue weighted by Gasteiger charge is -2.16. The van der Waals surface area contributed by atoms with Gasteiger partial charge in [-0.1, -0.05) is 0 Å². The Morgan fingerprint density at radius 3 is 2.78 bits per heavy atom. The number of hydrogen-bond acceptors (Lipinski definition) is 6. The zero-order valence-electron chi connectivity index (χ0n) is 9.62. The van der Waals surface area contributed by atoms with Crippen LogP contribution in [0.1, 0.15) is 11.7 Å². The van der Waals surface area contributed by atoms with E-state index in [0.29, 0.717) is 17.2 Å². The zero-order valence-corrected chi connectivity index (χ0v) is 9.62. The highest BCUT2D eigenvalue weighted by Gasteiger charge is 2.28. The third-order valence-corrected chi connectivity index (χ3v) is 2.61. The number of fused-ring (bicyclic) bond motifs is 1. The predicted octanol–water partition coefficient (Wildman–Crippen LogP) is -0.697. The van der Waals surface area contributed by atoms with Gasteiger partial charge in [-0.2, -0.15) is 0 Å². The largest absolute Gasteiger partial charge is 0.493 e. The number of carbonyl (C=O) groups excluding carboxylic acids is 1. The molecule has 0 fully saturated rings. The normalized spacial score (nSPS) is 16.2. The van der Waals surface area contributed by atoms with Crippen LogP contribution < -0.4 is 19.9 Å². The molecule has 0 spiro atoms. The van der Waals surface area contributed by atoms with Gasteiger partial charge in [0.05, 0.1) is 7.11 Å². The van der Waals surface area contributed by atoms with Crippen molar-refractivity contribution in [3.8, 4) is 17.2 Å². The molecule has 1 amide bonds. The number of hydrogen-bond donors (Lipinski definition) is 3. The van der Waals surface area contributed by atoms with Crippen molar-refractivity contribution >= 4 is 5.91 Å². The molecule has 2 atom stereocenters. The third-order valence-electron chi connectivity index (χ3n) is 2.61. The molecule has 1 aromatic carbocycles. The van der Waals surface area contributed by atoms with Gasteiger partial charge in [0, 0.05) is 0 Å². The van der Waals surface area contributed by atoms with Crippen LogP contribution in [0.25, 0.3) is 0 Å². The lowest BCUT2D eigenvalue weighted by Crippen LogP contribution is -2.33. The summed E-state index contributed by atoms with van der Waals surface area (Å²) in [6, 6.07) is 2.91. The highest BCUT2D eigenvalue weighted by molar-refractivity contribution is 5.79. The Kier molecular flexibility index (Phi) is 3.26. The van der Waals surface area contributed by atoms with Gasteiger partial charge in [-0.25, -0.2) is 0 Å². The molecule has 7 heteroatoms. The van der Waals surface area contributed by atoms with Crippen LogP contribution in [-0.2, 0) is 4.79 Å². The lowest BCUT2D eigenvalue weighted by molar-refractivity contribution is -0.131. The number of ether oxygens (including phenoxy) is 3. The molecule has 0 aliphatic carbocycles. The summed E-state index contributed by atoms with van der Waals surface area (Å²) >= 11 is 0. The Bertz CT molecular complexity index is 475. The molecule has 0 bridgehead atoms. The maximum atomic E-state index is 10.8. The molecule has 98 valence electrons. The first kappa shape index (κ1) is 12.5. The van der Waals surface area contributed by atoms with E-state index >= 15 is 0 Å². The van der Waals surface area contributed by atoms with Gasteiger partial charge in [0.15, 0.2) is 17.6 Å². The first-order chi connectivity index (χ1) is 8.54. The summed E-state index contributed by atoms with van der Waals surface area (Å²) in [7, 11) is 1.43. The molecular weight excluding hydrogens is 242 g/mol. The van der Waals surface area contributed by atoms with Crippen molar-refractivity contribution in [2.45, 2.75) is 12.2 Å². The molecule has 0 aromatic heterocycles. The fraction of sp³-hybridized carbons (Fsp3) is 0.364. The topological polar surface area (TPSA) is 111 Å². The summed E-state index contributed by atoms with van der Waals surface area (Å²) in [5.74, 6) is 0.122. The molecule has 0 radical (unpaired) electrons. The number of carbonyl (C=O) groups is 1. The highest BCUT2D eigenvalue weighted by Crippen LogP contribution is 2.43. The van der Waals surface area contributed by atoms with Crippen molar-refractivity contribution in [1.29, 1.82) is 0 Å². The first-order valence-electron chi connectivity index (χ1n) is 5.17. The molecule has 1 aromatic rings. The van der Waals surface area contributed by atoms with E-state index in [-0.39, 0.29) is 12.4 Å². The summed E-state index contributed by atoms with van der Waals surface area (Å²) in [5, 5.41) is 19.2. The minimum absolute atomic E-state index is 0.0453. The minimum Gasteiger partial charge on any atom is -0.493 e. The summed E-state index contributed by atoms with van der Waals surface area (Å²) in [6.07, 6.45) is -3.15. The number of methoxy groups -OCH3 is 1. The predicted molar refractivity (Wildman–Crippen MR) is 59.3 cm³/mol. The van der Waals surface area contributed by atoms with Crippen molar-refractivity contribution in [3.63, 3.8) is 0 Å². The van der Waals surface area contributed by atoms with Gasteiger partial charge >= 0.3 is 0 Å². The molecule has 2 rings (SSSR count). The second kappa shape index (κ2) is 4.71. The minimum atomic E-state index is -1.70. The average molecular weight is 255 g/mol. The maximum absolute atomic E-state index is 10.8. The Morgan fingerprint density at radius 1 is 1.44 bits per heavy atom. The number of aliphatic hydroxyl groups excluding tert-OH is 2. The van der Waals surface area contributed by atoms with Crippen molar-refractivity contribution in [3.05, 3.63) is 17.7 Å². The van der Waals surface area contributed by atoms with E-state index in [1.54, 1.807) is 0 Å². The van der Waals surface area contributed by atoms with Gasteiger partial charge in [0.2, 0.25) is 18.4 Å². The summed E-state index contributed by atoms with van der Waals surface area (Å²) in [4.78, 5) is 10.8. The van der Waals surface area contributed by atoms with E-state index in [1.165, 1.54) is 19.2 Å². The molecule has 18 heavy (non-hydrogen) atoms. The lowest BCUT2D eigenvalue weighted by atomic mass is 10.0. The fourth-order valence-electron chi connectivity index (χ4n) is 1.66. The number of aliphatic hydroxyl groups is 2. The van der Waals surface area contributed by atoms with Gasteiger partial charge in [0.1, 0.15) is 6.10 Å². The number of rotatable bonds is 4. The molecule has 7 nitrogen and oxygen atoms in total.